The number of carbonyl (C=O) groups is 1. The molecule has 0 fully saturated rings. The van der Waals surface area contributed by atoms with Crippen LogP contribution in [-0.2, 0) is 14.8 Å². The molecule has 1 N–H and O–H groups in total. The fourth-order valence-electron chi connectivity index (χ4n) is 4.13. The van der Waals surface area contributed by atoms with Gasteiger partial charge < -0.3 is 4.57 Å². The predicted molar refractivity (Wildman–Crippen MR) is 153 cm³/mol. The molecule has 1 amide bonds. The van der Waals surface area contributed by atoms with Crippen LogP contribution in [0.4, 0.5) is 5.69 Å². The Balaban J connectivity index is 1.57. The van der Waals surface area contributed by atoms with Crippen molar-refractivity contribution in [2.75, 3.05) is 10.8 Å². The van der Waals surface area contributed by atoms with Crippen LogP contribution in [0.3, 0.4) is 0 Å². The highest BCUT2D eigenvalue weighted by Gasteiger charge is 2.28. The van der Waals surface area contributed by atoms with Gasteiger partial charge in [0.25, 0.3) is 15.9 Å². The normalized spacial score (nSPS) is 11.6. The van der Waals surface area contributed by atoms with E-state index in [0.717, 1.165) is 26.9 Å². The summed E-state index contributed by atoms with van der Waals surface area (Å²) >= 11 is 12.3. The van der Waals surface area contributed by atoms with Crippen LogP contribution < -0.4 is 9.73 Å². The maximum Gasteiger partial charge on any atom is 0.264 e. The van der Waals surface area contributed by atoms with Crippen molar-refractivity contribution in [1.82, 2.24) is 9.99 Å². The van der Waals surface area contributed by atoms with Gasteiger partial charge in [-0.05, 0) is 80.9 Å². The molecule has 0 radical (unpaired) electrons. The number of nitrogens with zero attached hydrogens (tertiary/aromatic N) is 3. The predicted octanol–water partition coefficient (Wildman–Crippen LogP) is 6.05. The Morgan fingerprint density at radius 1 is 0.974 bits per heavy atom. The largest absolute Gasteiger partial charge is 0.318 e. The second kappa shape index (κ2) is 11.4. The van der Waals surface area contributed by atoms with Gasteiger partial charge >= 0.3 is 0 Å². The minimum Gasteiger partial charge on any atom is -0.318 e. The molecule has 0 atom stereocenters. The second-order valence-corrected chi connectivity index (χ2v) is 11.3. The van der Waals surface area contributed by atoms with E-state index in [-0.39, 0.29) is 4.90 Å². The highest BCUT2D eigenvalue weighted by molar-refractivity contribution is 7.92. The van der Waals surface area contributed by atoms with Crippen LogP contribution in [-0.4, -0.2) is 31.7 Å². The topological polar surface area (TPSA) is 83.8 Å². The van der Waals surface area contributed by atoms with E-state index in [9.17, 15) is 13.2 Å². The fraction of sp³-hybridized carbons (Fsp3) is 0.143. The molecule has 4 rings (SSSR count). The third-order valence-corrected chi connectivity index (χ3v) is 8.51. The zero-order chi connectivity index (χ0) is 27.4. The smallest absolute Gasteiger partial charge is 0.264 e. The van der Waals surface area contributed by atoms with Gasteiger partial charge in [0, 0.05) is 32.7 Å². The molecule has 7 nitrogen and oxygen atoms in total. The summed E-state index contributed by atoms with van der Waals surface area (Å²) in [7, 11) is -4.06. The molecular formula is C28H26Cl2N4O3S. The van der Waals surface area contributed by atoms with Gasteiger partial charge in [0.2, 0.25) is 0 Å². The second-order valence-electron chi connectivity index (χ2n) is 8.64. The van der Waals surface area contributed by atoms with Crippen LogP contribution in [0.25, 0.3) is 5.69 Å². The minimum absolute atomic E-state index is 0.0605. The Kier molecular flexibility index (Phi) is 8.26. The van der Waals surface area contributed by atoms with Crippen LogP contribution in [0.2, 0.25) is 10.0 Å². The molecule has 38 heavy (non-hydrogen) atoms. The lowest BCUT2D eigenvalue weighted by Crippen LogP contribution is -2.40. The number of sulfonamides is 1. The molecule has 0 aliphatic carbocycles. The van der Waals surface area contributed by atoms with Crippen molar-refractivity contribution in [2.45, 2.75) is 25.7 Å². The van der Waals surface area contributed by atoms with Crippen LogP contribution in [0, 0.1) is 20.8 Å². The number of amides is 1. The van der Waals surface area contributed by atoms with Gasteiger partial charge in [-0.1, -0.05) is 47.5 Å². The molecule has 0 unspecified atom stereocenters. The number of carbonyl (C=O) groups excluding carboxylic acids is 1. The van der Waals surface area contributed by atoms with Gasteiger partial charge in [-0.2, -0.15) is 5.10 Å². The SMILES string of the molecule is Cc1c(Cl)cccc1N(CC(=O)N/N=C\c1cc(C)n(-c2ccc(Cl)cc2)c1C)S(=O)(=O)c1ccccc1. The van der Waals surface area contributed by atoms with E-state index in [1.165, 1.54) is 18.3 Å². The van der Waals surface area contributed by atoms with Crippen LogP contribution >= 0.6 is 23.2 Å². The van der Waals surface area contributed by atoms with Crippen molar-refractivity contribution in [1.29, 1.82) is 0 Å². The minimum atomic E-state index is -4.06. The quantitative estimate of drug-likeness (QED) is 0.207. The van der Waals surface area contributed by atoms with Crippen LogP contribution in [0.15, 0.2) is 88.9 Å². The Bertz CT molecular complexity index is 1600. The highest BCUT2D eigenvalue weighted by Crippen LogP contribution is 2.30. The van der Waals surface area contributed by atoms with Crippen LogP contribution in [0.1, 0.15) is 22.5 Å². The number of hydrogen-bond acceptors (Lipinski definition) is 4. The van der Waals surface area contributed by atoms with E-state index in [2.05, 4.69) is 15.1 Å². The Labute approximate surface area is 232 Å². The van der Waals surface area contributed by atoms with Crippen molar-refractivity contribution in [2.24, 2.45) is 5.10 Å². The van der Waals surface area contributed by atoms with E-state index >= 15 is 0 Å². The average Bonchev–Trinajstić information content (AvgIpc) is 3.18. The fourth-order valence-corrected chi connectivity index (χ4v) is 5.93. The lowest BCUT2D eigenvalue weighted by molar-refractivity contribution is -0.119. The summed E-state index contributed by atoms with van der Waals surface area (Å²) in [5, 5.41) is 5.14. The molecule has 0 spiro atoms. The zero-order valence-corrected chi connectivity index (χ0v) is 23.3. The number of hydrazone groups is 1. The first-order chi connectivity index (χ1) is 18.1. The standard InChI is InChI=1S/C28H26Cl2N4O3S/c1-19-16-22(21(3)34(19)24-14-12-23(29)13-15-24)17-31-32-28(35)18-33(27-11-7-10-26(30)20(27)2)38(36,37)25-8-5-4-6-9-25/h4-17H,18H2,1-3H3,(H,32,35)/b31-17-. The molecule has 10 heteroatoms. The molecule has 0 aliphatic heterocycles. The number of halogens is 2. The molecule has 196 valence electrons. The van der Waals surface area contributed by atoms with Gasteiger partial charge in [0.1, 0.15) is 6.54 Å². The molecule has 3 aromatic carbocycles. The van der Waals surface area contributed by atoms with E-state index < -0.39 is 22.5 Å². The van der Waals surface area contributed by atoms with Gasteiger partial charge in [-0.25, -0.2) is 13.8 Å². The average molecular weight is 570 g/mol. The zero-order valence-electron chi connectivity index (χ0n) is 21.0. The Morgan fingerprint density at radius 2 is 1.66 bits per heavy atom. The number of benzene rings is 3. The molecule has 4 aromatic rings. The van der Waals surface area contributed by atoms with Crippen molar-refractivity contribution in [3.8, 4) is 5.69 Å². The lowest BCUT2D eigenvalue weighted by Gasteiger charge is -2.25. The molecular weight excluding hydrogens is 543 g/mol. The lowest BCUT2D eigenvalue weighted by atomic mass is 10.2. The summed E-state index contributed by atoms with van der Waals surface area (Å²) in [5.41, 5.74) is 6.97. The van der Waals surface area contributed by atoms with E-state index in [0.29, 0.717) is 21.3 Å². The molecule has 1 heterocycles. The molecule has 0 saturated heterocycles. The number of aromatic nitrogens is 1. The van der Waals surface area contributed by atoms with Crippen molar-refractivity contribution >= 4 is 51.0 Å². The Hall–Kier alpha value is -3.59. The summed E-state index contributed by atoms with van der Waals surface area (Å²) in [4.78, 5) is 13.0. The monoisotopic (exact) mass is 568 g/mol. The first kappa shape index (κ1) is 27.4. The third-order valence-electron chi connectivity index (χ3n) is 6.07. The van der Waals surface area contributed by atoms with Crippen molar-refractivity contribution < 1.29 is 13.2 Å². The van der Waals surface area contributed by atoms with Crippen LogP contribution in [0.5, 0.6) is 0 Å². The van der Waals surface area contributed by atoms with Crippen molar-refractivity contribution in [3.63, 3.8) is 0 Å². The first-order valence-corrected chi connectivity index (χ1v) is 13.9. The summed E-state index contributed by atoms with van der Waals surface area (Å²) in [5.74, 6) is -0.605. The summed E-state index contributed by atoms with van der Waals surface area (Å²) in [6, 6.07) is 22.3. The number of hydrogen-bond donors (Lipinski definition) is 1. The summed E-state index contributed by atoms with van der Waals surface area (Å²) in [6.45, 7) is 5.13. The van der Waals surface area contributed by atoms with E-state index in [1.54, 1.807) is 43.3 Å². The molecule has 0 bridgehead atoms. The van der Waals surface area contributed by atoms with E-state index in [1.807, 2.05) is 44.2 Å². The van der Waals surface area contributed by atoms with Crippen molar-refractivity contribution in [3.05, 3.63) is 111 Å². The number of anilines is 1. The maximum absolute atomic E-state index is 13.5. The molecule has 1 aromatic heterocycles. The van der Waals surface area contributed by atoms with Gasteiger partial charge in [-0.3, -0.25) is 9.10 Å². The number of nitrogens with one attached hydrogen (secondary N) is 1. The Morgan fingerprint density at radius 3 is 2.34 bits per heavy atom. The number of rotatable bonds is 8. The highest BCUT2D eigenvalue weighted by atomic mass is 35.5. The molecule has 0 saturated carbocycles. The third kappa shape index (κ3) is 5.78. The first-order valence-electron chi connectivity index (χ1n) is 11.7. The number of aryl methyl sites for hydroxylation is 1. The van der Waals surface area contributed by atoms with Gasteiger partial charge in [-0.15, -0.1) is 0 Å². The van der Waals surface area contributed by atoms with Gasteiger partial charge in [0.05, 0.1) is 16.8 Å². The summed E-state index contributed by atoms with van der Waals surface area (Å²) in [6.07, 6.45) is 1.54. The summed E-state index contributed by atoms with van der Waals surface area (Å²) < 4.78 is 30.1. The van der Waals surface area contributed by atoms with E-state index in [4.69, 9.17) is 23.2 Å². The maximum atomic E-state index is 13.5. The van der Waals surface area contributed by atoms with Gasteiger partial charge in [0.15, 0.2) is 0 Å². The molecule has 0 aliphatic rings.